The summed E-state index contributed by atoms with van der Waals surface area (Å²) in [6, 6.07) is 11.4. The van der Waals surface area contributed by atoms with E-state index in [0.29, 0.717) is 5.92 Å². The van der Waals surface area contributed by atoms with Crippen molar-refractivity contribution in [1.82, 2.24) is 14.9 Å². The Balaban J connectivity index is 1.79. The molecule has 0 radical (unpaired) electrons. The Bertz CT molecular complexity index is 615. The maximum absolute atomic E-state index is 12.2. The zero-order chi connectivity index (χ0) is 13.8. The molecule has 2 heterocycles. The van der Waals surface area contributed by atoms with Gasteiger partial charge in [0.05, 0.1) is 12.0 Å². The fourth-order valence-electron chi connectivity index (χ4n) is 2.67. The van der Waals surface area contributed by atoms with Crippen molar-refractivity contribution in [3.8, 4) is 11.3 Å². The second kappa shape index (κ2) is 6.01. The summed E-state index contributed by atoms with van der Waals surface area (Å²) < 4.78 is 1.74. The smallest absolute Gasteiger partial charge is 0.253 e. The number of hydrogen-bond donors (Lipinski definition) is 1. The minimum absolute atomic E-state index is 0.0392. The molecule has 1 saturated heterocycles. The molecular weight excluding hydrogens is 250 g/mol. The molecule has 0 spiro atoms. The number of piperidine rings is 1. The van der Waals surface area contributed by atoms with Crippen LogP contribution in [-0.4, -0.2) is 22.6 Å². The Morgan fingerprint density at radius 3 is 2.65 bits per heavy atom. The average Bonchev–Trinajstić information content (AvgIpc) is 2.51. The van der Waals surface area contributed by atoms with Crippen LogP contribution < -0.4 is 10.9 Å². The zero-order valence-electron chi connectivity index (χ0n) is 11.5. The fraction of sp³-hybridized carbons (Fsp3) is 0.375. The zero-order valence-corrected chi connectivity index (χ0v) is 11.5. The van der Waals surface area contributed by atoms with E-state index in [-0.39, 0.29) is 5.56 Å². The van der Waals surface area contributed by atoms with Crippen LogP contribution in [0.3, 0.4) is 0 Å². The molecular formula is C16H19N3O. The lowest BCUT2D eigenvalue weighted by atomic mass is 9.98. The van der Waals surface area contributed by atoms with Gasteiger partial charge in [-0.1, -0.05) is 30.3 Å². The highest BCUT2D eigenvalue weighted by Gasteiger charge is 2.14. The van der Waals surface area contributed by atoms with Crippen LogP contribution in [0.1, 0.15) is 12.8 Å². The van der Waals surface area contributed by atoms with Gasteiger partial charge in [-0.3, -0.25) is 9.36 Å². The normalized spacial score (nSPS) is 16.2. The minimum atomic E-state index is 0.0392. The van der Waals surface area contributed by atoms with Crippen LogP contribution in [0.25, 0.3) is 11.3 Å². The summed E-state index contributed by atoms with van der Waals surface area (Å²) in [5, 5.41) is 3.34. The van der Waals surface area contributed by atoms with Gasteiger partial charge in [-0.2, -0.15) is 0 Å². The van der Waals surface area contributed by atoms with Gasteiger partial charge in [0, 0.05) is 18.2 Å². The van der Waals surface area contributed by atoms with Gasteiger partial charge in [-0.25, -0.2) is 4.98 Å². The van der Waals surface area contributed by atoms with Crippen LogP contribution in [0.15, 0.2) is 47.5 Å². The first kappa shape index (κ1) is 13.1. The molecule has 20 heavy (non-hydrogen) atoms. The summed E-state index contributed by atoms with van der Waals surface area (Å²) in [4.78, 5) is 16.6. The molecule has 4 nitrogen and oxygen atoms in total. The van der Waals surface area contributed by atoms with Gasteiger partial charge in [0.25, 0.3) is 5.56 Å². The maximum Gasteiger partial charge on any atom is 0.253 e. The molecule has 1 N–H and O–H groups in total. The number of rotatable bonds is 3. The van der Waals surface area contributed by atoms with Gasteiger partial charge < -0.3 is 5.32 Å². The molecule has 4 heteroatoms. The fourth-order valence-corrected chi connectivity index (χ4v) is 2.67. The van der Waals surface area contributed by atoms with Crippen LogP contribution >= 0.6 is 0 Å². The standard InChI is InChI=1S/C16H19N3O/c20-16-10-15(14-4-2-1-3-5-14)18-12-19(16)11-13-6-8-17-9-7-13/h1-5,10,12-13,17H,6-9,11H2. The van der Waals surface area contributed by atoms with E-state index in [1.54, 1.807) is 17.0 Å². The van der Waals surface area contributed by atoms with Gasteiger partial charge in [0.2, 0.25) is 0 Å². The molecule has 3 rings (SSSR count). The highest BCUT2D eigenvalue weighted by Crippen LogP contribution is 2.15. The van der Waals surface area contributed by atoms with Crippen molar-refractivity contribution in [2.45, 2.75) is 19.4 Å². The number of benzene rings is 1. The molecule has 0 unspecified atom stereocenters. The molecule has 0 amide bonds. The lowest BCUT2D eigenvalue weighted by Crippen LogP contribution is -2.32. The highest BCUT2D eigenvalue weighted by molar-refractivity contribution is 5.57. The minimum Gasteiger partial charge on any atom is -0.317 e. The SMILES string of the molecule is O=c1cc(-c2ccccc2)ncn1CC1CCNCC1. The van der Waals surface area contributed by atoms with Crippen LogP contribution in [-0.2, 0) is 6.54 Å². The number of hydrogen-bond acceptors (Lipinski definition) is 3. The predicted molar refractivity (Wildman–Crippen MR) is 79.5 cm³/mol. The Hall–Kier alpha value is -1.94. The summed E-state index contributed by atoms with van der Waals surface area (Å²) in [5.74, 6) is 0.582. The van der Waals surface area contributed by atoms with Gasteiger partial charge >= 0.3 is 0 Å². The predicted octanol–water partition coefficient (Wildman–Crippen LogP) is 1.91. The third-order valence-corrected chi connectivity index (χ3v) is 3.86. The molecule has 1 aliphatic heterocycles. The van der Waals surface area contributed by atoms with Crippen LogP contribution in [0.5, 0.6) is 0 Å². The average molecular weight is 269 g/mol. The second-order valence-corrected chi connectivity index (χ2v) is 5.32. The number of nitrogens with zero attached hydrogens (tertiary/aromatic N) is 2. The van der Waals surface area contributed by atoms with Crippen molar-refractivity contribution in [1.29, 1.82) is 0 Å². The molecule has 2 aromatic rings. The van der Waals surface area contributed by atoms with Crippen LogP contribution in [0, 0.1) is 5.92 Å². The molecule has 0 aliphatic carbocycles. The quantitative estimate of drug-likeness (QED) is 0.926. The summed E-state index contributed by atoms with van der Waals surface area (Å²) in [6.07, 6.45) is 3.95. The van der Waals surface area contributed by atoms with E-state index in [4.69, 9.17) is 0 Å². The Morgan fingerprint density at radius 1 is 1.20 bits per heavy atom. The van der Waals surface area contributed by atoms with Gasteiger partial charge in [0.1, 0.15) is 0 Å². The van der Waals surface area contributed by atoms with Crippen LogP contribution in [0.4, 0.5) is 0 Å². The molecule has 104 valence electrons. The maximum atomic E-state index is 12.2. The lowest BCUT2D eigenvalue weighted by molar-refractivity contribution is 0.328. The highest BCUT2D eigenvalue weighted by atomic mass is 16.1. The molecule has 0 saturated carbocycles. The van der Waals surface area contributed by atoms with Gasteiger partial charge in [-0.05, 0) is 31.8 Å². The van der Waals surface area contributed by atoms with Crippen LogP contribution in [0.2, 0.25) is 0 Å². The Kier molecular flexibility index (Phi) is 3.92. The largest absolute Gasteiger partial charge is 0.317 e. The van der Waals surface area contributed by atoms with Crippen molar-refractivity contribution >= 4 is 0 Å². The summed E-state index contributed by atoms with van der Waals surface area (Å²) in [7, 11) is 0. The summed E-state index contributed by atoms with van der Waals surface area (Å²) in [5.41, 5.74) is 1.77. The molecule has 1 aromatic heterocycles. The topological polar surface area (TPSA) is 46.9 Å². The van der Waals surface area contributed by atoms with E-state index < -0.39 is 0 Å². The molecule has 1 fully saturated rings. The first-order chi connectivity index (χ1) is 9.83. The summed E-state index contributed by atoms with van der Waals surface area (Å²) in [6.45, 7) is 2.88. The monoisotopic (exact) mass is 269 g/mol. The van der Waals surface area contributed by atoms with Crippen molar-refractivity contribution < 1.29 is 0 Å². The first-order valence-corrected chi connectivity index (χ1v) is 7.15. The Morgan fingerprint density at radius 2 is 1.95 bits per heavy atom. The van der Waals surface area contributed by atoms with Gasteiger partial charge in [0.15, 0.2) is 0 Å². The third kappa shape index (κ3) is 2.96. The molecule has 0 bridgehead atoms. The Labute approximate surface area is 118 Å². The van der Waals surface area contributed by atoms with Gasteiger partial charge in [-0.15, -0.1) is 0 Å². The molecule has 0 atom stereocenters. The van der Waals surface area contributed by atoms with E-state index in [2.05, 4.69) is 10.3 Å². The molecule has 1 aliphatic rings. The second-order valence-electron chi connectivity index (χ2n) is 5.32. The van der Waals surface area contributed by atoms with Crippen molar-refractivity contribution in [2.75, 3.05) is 13.1 Å². The number of nitrogens with one attached hydrogen (secondary N) is 1. The van der Waals surface area contributed by atoms with Crippen molar-refractivity contribution in [2.24, 2.45) is 5.92 Å². The summed E-state index contributed by atoms with van der Waals surface area (Å²) >= 11 is 0. The third-order valence-electron chi connectivity index (χ3n) is 3.86. The number of aromatic nitrogens is 2. The van der Waals surface area contributed by atoms with E-state index in [9.17, 15) is 4.79 Å². The lowest BCUT2D eigenvalue weighted by Gasteiger charge is -2.23. The van der Waals surface area contributed by atoms with E-state index in [0.717, 1.165) is 43.7 Å². The molecule has 1 aromatic carbocycles. The van der Waals surface area contributed by atoms with E-state index in [1.165, 1.54) is 0 Å². The van der Waals surface area contributed by atoms with E-state index >= 15 is 0 Å². The first-order valence-electron chi connectivity index (χ1n) is 7.15. The van der Waals surface area contributed by atoms with Crippen molar-refractivity contribution in [3.63, 3.8) is 0 Å². The van der Waals surface area contributed by atoms with Crippen molar-refractivity contribution in [3.05, 3.63) is 53.1 Å². The van der Waals surface area contributed by atoms with E-state index in [1.807, 2.05) is 30.3 Å².